The SMILES string of the molecule is CCC(C(=O)/C=C/c1ccc2c(c1)OCO2)C(=O)/C=C/c1ccc2c(c1)OCO2. The fourth-order valence-electron chi connectivity index (χ4n) is 3.17. The molecule has 0 fully saturated rings. The average molecular weight is 392 g/mol. The molecule has 0 atom stereocenters. The summed E-state index contributed by atoms with van der Waals surface area (Å²) >= 11 is 0. The maximum Gasteiger partial charge on any atom is 0.231 e. The Morgan fingerprint density at radius 3 is 1.69 bits per heavy atom. The summed E-state index contributed by atoms with van der Waals surface area (Å²) in [6, 6.07) is 10.9. The van der Waals surface area contributed by atoms with E-state index in [4.69, 9.17) is 18.9 Å². The number of carbonyl (C=O) groups is 2. The van der Waals surface area contributed by atoms with E-state index in [1.54, 1.807) is 36.4 Å². The number of ether oxygens (including phenoxy) is 4. The van der Waals surface area contributed by atoms with Gasteiger partial charge in [0, 0.05) is 0 Å². The Kier molecular flexibility index (Phi) is 5.33. The van der Waals surface area contributed by atoms with Crippen molar-refractivity contribution in [3.8, 4) is 23.0 Å². The van der Waals surface area contributed by atoms with Crippen molar-refractivity contribution in [1.29, 1.82) is 0 Å². The Morgan fingerprint density at radius 1 is 0.793 bits per heavy atom. The number of fused-ring (bicyclic) bond motifs is 2. The van der Waals surface area contributed by atoms with Gasteiger partial charge in [-0.15, -0.1) is 0 Å². The number of carbonyl (C=O) groups excluding carboxylic acids is 2. The van der Waals surface area contributed by atoms with Crippen LogP contribution in [0.3, 0.4) is 0 Å². The zero-order chi connectivity index (χ0) is 20.2. The topological polar surface area (TPSA) is 71.1 Å². The minimum atomic E-state index is -0.717. The summed E-state index contributed by atoms with van der Waals surface area (Å²) in [5.74, 6) is 1.48. The minimum Gasteiger partial charge on any atom is -0.454 e. The molecule has 2 aliphatic heterocycles. The van der Waals surface area contributed by atoms with Crippen molar-refractivity contribution in [2.45, 2.75) is 13.3 Å². The molecule has 2 aliphatic rings. The van der Waals surface area contributed by atoms with E-state index >= 15 is 0 Å². The molecule has 2 heterocycles. The predicted molar refractivity (Wildman–Crippen MR) is 107 cm³/mol. The minimum absolute atomic E-state index is 0.198. The summed E-state index contributed by atoms with van der Waals surface area (Å²) in [6.07, 6.45) is 6.67. The fourth-order valence-corrected chi connectivity index (χ4v) is 3.17. The van der Waals surface area contributed by atoms with Crippen molar-refractivity contribution >= 4 is 23.7 Å². The maximum atomic E-state index is 12.6. The van der Waals surface area contributed by atoms with Crippen molar-refractivity contribution in [2.24, 2.45) is 5.92 Å². The largest absolute Gasteiger partial charge is 0.454 e. The summed E-state index contributed by atoms with van der Waals surface area (Å²) in [5.41, 5.74) is 1.61. The Balaban J connectivity index is 1.42. The second-order valence-electron chi connectivity index (χ2n) is 6.66. The highest BCUT2D eigenvalue weighted by Crippen LogP contribution is 2.33. The zero-order valence-corrected chi connectivity index (χ0v) is 15.9. The van der Waals surface area contributed by atoms with Gasteiger partial charge in [0.15, 0.2) is 34.6 Å². The molecule has 29 heavy (non-hydrogen) atoms. The van der Waals surface area contributed by atoms with E-state index in [0.717, 1.165) is 11.1 Å². The summed E-state index contributed by atoms with van der Waals surface area (Å²) in [5, 5.41) is 0. The third-order valence-electron chi connectivity index (χ3n) is 4.77. The van der Waals surface area contributed by atoms with E-state index in [1.807, 2.05) is 19.1 Å². The lowest BCUT2D eigenvalue weighted by atomic mass is 9.94. The number of ketones is 2. The third kappa shape index (κ3) is 4.16. The van der Waals surface area contributed by atoms with Crippen molar-refractivity contribution < 1.29 is 28.5 Å². The van der Waals surface area contributed by atoms with E-state index in [0.29, 0.717) is 29.4 Å². The normalized spacial score (nSPS) is 14.3. The molecule has 148 valence electrons. The lowest BCUT2D eigenvalue weighted by molar-refractivity contribution is -0.127. The van der Waals surface area contributed by atoms with Crippen molar-refractivity contribution in [2.75, 3.05) is 13.6 Å². The molecule has 2 aromatic carbocycles. The summed E-state index contributed by atoms with van der Waals surface area (Å²) in [4.78, 5) is 25.1. The summed E-state index contributed by atoms with van der Waals surface area (Å²) < 4.78 is 21.2. The number of hydrogen-bond donors (Lipinski definition) is 0. The molecule has 2 aromatic rings. The van der Waals surface area contributed by atoms with Gasteiger partial charge < -0.3 is 18.9 Å². The van der Waals surface area contributed by atoms with Gasteiger partial charge in [0.1, 0.15) is 0 Å². The van der Waals surface area contributed by atoms with E-state index < -0.39 is 5.92 Å². The molecular weight excluding hydrogens is 372 g/mol. The molecule has 4 rings (SSSR count). The Morgan fingerprint density at radius 2 is 1.24 bits per heavy atom. The first kappa shape index (κ1) is 18.8. The maximum absolute atomic E-state index is 12.6. The van der Waals surface area contributed by atoms with Gasteiger partial charge in [0.25, 0.3) is 0 Å². The molecular formula is C23H20O6. The molecule has 0 aliphatic carbocycles. The quantitative estimate of drug-likeness (QED) is 0.523. The second-order valence-corrected chi connectivity index (χ2v) is 6.66. The summed E-state index contributed by atoms with van der Waals surface area (Å²) in [7, 11) is 0. The Labute approximate surface area is 168 Å². The predicted octanol–water partition coefficient (Wildman–Crippen LogP) is 4.04. The van der Waals surface area contributed by atoms with Crippen molar-refractivity contribution in [1.82, 2.24) is 0 Å². The standard InChI is InChI=1S/C23H20O6/c1-2-17(18(24)7-3-15-5-9-20-22(11-15)28-13-26-20)19(25)8-4-16-6-10-21-23(12-16)29-14-27-21/h3-12,17H,2,13-14H2,1H3/b7-3+,8-4+. The van der Waals surface area contributed by atoms with Gasteiger partial charge in [-0.2, -0.15) is 0 Å². The Hall–Kier alpha value is -3.54. The first-order valence-electron chi connectivity index (χ1n) is 9.37. The van der Waals surface area contributed by atoms with E-state index in [-0.39, 0.29) is 25.2 Å². The number of rotatable bonds is 7. The number of benzene rings is 2. The number of allylic oxidation sites excluding steroid dienone is 2. The third-order valence-corrected chi connectivity index (χ3v) is 4.77. The van der Waals surface area contributed by atoms with Gasteiger partial charge in [0.05, 0.1) is 5.92 Å². The van der Waals surface area contributed by atoms with Gasteiger partial charge in [-0.25, -0.2) is 0 Å². The number of hydrogen-bond acceptors (Lipinski definition) is 6. The lowest BCUT2D eigenvalue weighted by Crippen LogP contribution is -2.20. The highest BCUT2D eigenvalue weighted by molar-refractivity contribution is 6.13. The van der Waals surface area contributed by atoms with Gasteiger partial charge in [-0.1, -0.05) is 31.2 Å². The van der Waals surface area contributed by atoms with Gasteiger partial charge >= 0.3 is 0 Å². The van der Waals surface area contributed by atoms with E-state index in [2.05, 4.69) is 0 Å². The van der Waals surface area contributed by atoms with Crippen LogP contribution in [0.4, 0.5) is 0 Å². The van der Waals surface area contributed by atoms with E-state index in [1.165, 1.54) is 12.2 Å². The smallest absolute Gasteiger partial charge is 0.231 e. The molecule has 6 nitrogen and oxygen atoms in total. The molecule has 0 saturated heterocycles. The van der Waals surface area contributed by atoms with Crippen LogP contribution in [0.25, 0.3) is 12.2 Å². The van der Waals surface area contributed by atoms with Gasteiger partial charge in [0.2, 0.25) is 13.6 Å². The van der Waals surface area contributed by atoms with Gasteiger partial charge in [-0.3, -0.25) is 9.59 Å². The molecule has 6 heteroatoms. The van der Waals surface area contributed by atoms with Crippen LogP contribution in [0.15, 0.2) is 48.6 Å². The highest BCUT2D eigenvalue weighted by atomic mass is 16.7. The molecule has 0 bridgehead atoms. The second kappa shape index (κ2) is 8.22. The Bertz CT molecular complexity index is 925. The molecule has 0 N–H and O–H groups in total. The molecule has 0 amide bonds. The van der Waals surface area contributed by atoms with Crippen LogP contribution in [0.2, 0.25) is 0 Å². The molecule has 0 aromatic heterocycles. The average Bonchev–Trinajstić information content (AvgIpc) is 3.39. The molecule has 0 saturated carbocycles. The van der Waals surface area contributed by atoms with Crippen LogP contribution in [0, 0.1) is 5.92 Å². The monoisotopic (exact) mass is 392 g/mol. The van der Waals surface area contributed by atoms with Gasteiger partial charge in [-0.05, 0) is 54.0 Å². The van der Waals surface area contributed by atoms with Crippen LogP contribution in [-0.4, -0.2) is 25.2 Å². The van der Waals surface area contributed by atoms with Crippen LogP contribution in [0.1, 0.15) is 24.5 Å². The fraction of sp³-hybridized carbons (Fsp3) is 0.217. The summed E-state index contributed by atoms with van der Waals surface area (Å²) in [6.45, 7) is 2.22. The van der Waals surface area contributed by atoms with Crippen LogP contribution in [-0.2, 0) is 9.59 Å². The van der Waals surface area contributed by atoms with Crippen LogP contribution < -0.4 is 18.9 Å². The first-order chi connectivity index (χ1) is 14.1. The molecule has 0 unspecified atom stereocenters. The van der Waals surface area contributed by atoms with Crippen LogP contribution in [0.5, 0.6) is 23.0 Å². The molecule has 0 spiro atoms. The van der Waals surface area contributed by atoms with Crippen molar-refractivity contribution in [3.05, 3.63) is 59.7 Å². The highest BCUT2D eigenvalue weighted by Gasteiger charge is 2.21. The van der Waals surface area contributed by atoms with Crippen LogP contribution >= 0.6 is 0 Å². The first-order valence-corrected chi connectivity index (χ1v) is 9.37. The van der Waals surface area contributed by atoms with E-state index in [9.17, 15) is 9.59 Å². The zero-order valence-electron chi connectivity index (χ0n) is 15.9. The lowest BCUT2D eigenvalue weighted by Gasteiger charge is -2.07. The van der Waals surface area contributed by atoms with Crippen molar-refractivity contribution in [3.63, 3.8) is 0 Å². The molecule has 0 radical (unpaired) electrons.